The number of aromatic nitrogens is 1. The fraction of sp³-hybridized carbons (Fsp3) is 0.0588. The van der Waals surface area contributed by atoms with Crippen LogP contribution in [0.15, 0.2) is 68.3 Å². The third-order valence-corrected chi connectivity index (χ3v) is 3.71. The van der Waals surface area contributed by atoms with Gasteiger partial charge in [-0.1, -0.05) is 40.2 Å². The smallest absolute Gasteiger partial charge is 0.339 e. The molecule has 0 saturated carbocycles. The van der Waals surface area contributed by atoms with E-state index >= 15 is 0 Å². The minimum absolute atomic E-state index is 0.327. The molecule has 1 heterocycles. The van der Waals surface area contributed by atoms with Crippen LogP contribution >= 0.6 is 15.9 Å². The maximum absolute atomic E-state index is 11.8. The van der Waals surface area contributed by atoms with Gasteiger partial charge >= 0.3 is 5.63 Å². The second-order valence-electron chi connectivity index (χ2n) is 4.69. The first kappa shape index (κ1) is 13.8. The van der Waals surface area contributed by atoms with Crippen LogP contribution in [0.2, 0.25) is 0 Å². The molecule has 0 amide bonds. The topological polar surface area (TPSA) is 43.1 Å². The lowest BCUT2D eigenvalue weighted by Crippen LogP contribution is -2.02. The van der Waals surface area contributed by atoms with Crippen LogP contribution in [0.3, 0.4) is 0 Å². The molecule has 0 aliphatic rings. The van der Waals surface area contributed by atoms with Crippen LogP contribution in [0.25, 0.3) is 22.7 Å². The van der Waals surface area contributed by atoms with Gasteiger partial charge in [0.15, 0.2) is 0 Å². The van der Waals surface area contributed by atoms with E-state index in [9.17, 15) is 4.79 Å². The zero-order valence-corrected chi connectivity index (χ0v) is 12.9. The Morgan fingerprint density at radius 3 is 2.48 bits per heavy atom. The summed E-state index contributed by atoms with van der Waals surface area (Å²) in [5.41, 5.74) is 3.00. The maximum atomic E-state index is 11.8. The van der Waals surface area contributed by atoms with Gasteiger partial charge in [-0.05, 0) is 36.8 Å². The summed E-state index contributed by atoms with van der Waals surface area (Å²) in [6.45, 7) is 1.99. The van der Waals surface area contributed by atoms with Crippen molar-refractivity contribution < 1.29 is 4.42 Å². The zero-order chi connectivity index (χ0) is 14.8. The molecule has 3 rings (SSSR count). The first-order valence-electron chi connectivity index (χ1n) is 6.47. The van der Waals surface area contributed by atoms with Crippen molar-refractivity contribution in [3.8, 4) is 22.7 Å². The van der Waals surface area contributed by atoms with Gasteiger partial charge in [0.2, 0.25) is 5.89 Å². The van der Waals surface area contributed by atoms with E-state index in [4.69, 9.17) is 4.42 Å². The largest absolute Gasteiger partial charge is 0.404 e. The molecule has 3 aromatic rings. The average Bonchev–Trinajstić information content (AvgIpc) is 2.48. The van der Waals surface area contributed by atoms with Gasteiger partial charge in [0, 0.05) is 15.6 Å². The summed E-state index contributed by atoms with van der Waals surface area (Å²) in [7, 11) is 0. The summed E-state index contributed by atoms with van der Waals surface area (Å²) >= 11 is 3.38. The number of halogens is 1. The number of benzene rings is 2. The van der Waals surface area contributed by atoms with Crippen molar-refractivity contribution in [3.05, 3.63) is 75.1 Å². The Morgan fingerprint density at radius 1 is 1.05 bits per heavy atom. The summed E-state index contributed by atoms with van der Waals surface area (Å²) in [5.74, 6) is 0.327. The molecule has 0 bridgehead atoms. The molecule has 0 aliphatic heterocycles. The predicted molar refractivity (Wildman–Crippen MR) is 86.1 cm³/mol. The molecule has 1 aromatic heterocycles. The Hall–Kier alpha value is -2.20. The van der Waals surface area contributed by atoms with E-state index in [-0.39, 0.29) is 0 Å². The van der Waals surface area contributed by atoms with Crippen molar-refractivity contribution in [2.75, 3.05) is 0 Å². The van der Waals surface area contributed by atoms with Gasteiger partial charge in [-0.2, -0.15) is 0 Å². The lowest BCUT2D eigenvalue weighted by molar-refractivity contribution is 0.508. The molecule has 0 unspecified atom stereocenters. The minimum atomic E-state index is -0.402. The molecule has 0 aliphatic carbocycles. The van der Waals surface area contributed by atoms with E-state index in [2.05, 4.69) is 20.9 Å². The first-order valence-corrected chi connectivity index (χ1v) is 7.27. The maximum Gasteiger partial charge on any atom is 0.339 e. The standard InChI is InChI=1S/C17H12BrNO2/c1-11-4-2-3-5-14(11)15-10-16(20)21-17(19-15)12-6-8-13(18)9-7-12/h2-10H,1H3. The second kappa shape index (κ2) is 5.66. The fourth-order valence-electron chi connectivity index (χ4n) is 2.12. The molecule has 0 saturated heterocycles. The molecule has 0 fully saturated rings. The third kappa shape index (κ3) is 2.95. The Kier molecular flexibility index (Phi) is 3.71. The zero-order valence-electron chi connectivity index (χ0n) is 11.3. The SMILES string of the molecule is Cc1ccccc1-c1cc(=O)oc(-c2ccc(Br)cc2)n1. The Bertz CT molecular complexity index is 838. The third-order valence-electron chi connectivity index (χ3n) is 3.19. The lowest BCUT2D eigenvalue weighted by atomic mass is 10.1. The van der Waals surface area contributed by atoms with Crippen molar-refractivity contribution in [2.45, 2.75) is 6.92 Å². The van der Waals surface area contributed by atoms with Gasteiger partial charge in [0.05, 0.1) is 11.8 Å². The quantitative estimate of drug-likeness (QED) is 0.692. The molecule has 0 spiro atoms. The fourth-order valence-corrected chi connectivity index (χ4v) is 2.38. The molecule has 21 heavy (non-hydrogen) atoms. The molecular formula is C17H12BrNO2. The second-order valence-corrected chi connectivity index (χ2v) is 5.61. The van der Waals surface area contributed by atoms with Crippen LogP contribution in [0.4, 0.5) is 0 Å². The van der Waals surface area contributed by atoms with Crippen LogP contribution in [-0.4, -0.2) is 4.98 Å². The monoisotopic (exact) mass is 341 g/mol. The first-order chi connectivity index (χ1) is 10.1. The molecule has 3 nitrogen and oxygen atoms in total. The van der Waals surface area contributed by atoms with E-state index in [0.717, 1.165) is 21.2 Å². The van der Waals surface area contributed by atoms with E-state index in [1.54, 1.807) is 0 Å². The number of aryl methyl sites for hydroxylation is 1. The summed E-state index contributed by atoms with van der Waals surface area (Å²) in [5, 5.41) is 0. The van der Waals surface area contributed by atoms with Crippen molar-refractivity contribution in [1.29, 1.82) is 0 Å². The number of nitrogens with zero attached hydrogens (tertiary/aromatic N) is 1. The molecule has 0 radical (unpaired) electrons. The summed E-state index contributed by atoms with van der Waals surface area (Å²) in [6.07, 6.45) is 0. The van der Waals surface area contributed by atoms with Crippen molar-refractivity contribution in [2.24, 2.45) is 0 Å². The van der Waals surface area contributed by atoms with E-state index in [1.165, 1.54) is 6.07 Å². The predicted octanol–water partition coefficient (Wildman–Crippen LogP) is 4.44. The number of rotatable bonds is 2. The van der Waals surface area contributed by atoms with Gasteiger partial charge in [0.25, 0.3) is 0 Å². The molecule has 104 valence electrons. The van der Waals surface area contributed by atoms with E-state index in [1.807, 2.05) is 55.5 Å². The summed E-state index contributed by atoms with van der Waals surface area (Å²) in [4.78, 5) is 16.3. The van der Waals surface area contributed by atoms with Gasteiger partial charge < -0.3 is 4.42 Å². The van der Waals surface area contributed by atoms with Crippen LogP contribution in [0.1, 0.15) is 5.56 Å². The van der Waals surface area contributed by atoms with Crippen LogP contribution in [-0.2, 0) is 0 Å². The highest BCUT2D eigenvalue weighted by Crippen LogP contribution is 2.24. The molecule has 0 N–H and O–H groups in total. The Balaban J connectivity index is 2.15. The average molecular weight is 342 g/mol. The Morgan fingerprint density at radius 2 is 1.76 bits per heavy atom. The highest BCUT2D eigenvalue weighted by molar-refractivity contribution is 9.10. The van der Waals surface area contributed by atoms with E-state index in [0.29, 0.717) is 11.6 Å². The molecule has 4 heteroatoms. The summed E-state index contributed by atoms with van der Waals surface area (Å²) < 4.78 is 6.18. The molecule has 2 aromatic carbocycles. The lowest BCUT2D eigenvalue weighted by Gasteiger charge is -2.06. The van der Waals surface area contributed by atoms with Gasteiger partial charge in [-0.25, -0.2) is 9.78 Å². The van der Waals surface area contributed by atoms with Gasteiger partial charge in [-0.3, -0.25) is 0 Å². The number of hydrogen-bond donors (Lipinski definition) is 0. The molecular weight excluding hydrogens is 330 g/mol. The highest BCUT2D eigenvalue weighted by Gasteiger charge is 2.09. The van der Waals surface area contributed by atoms with Crippen LogP contribution < -0.4 is 5.63 Å². The van der Waals surface area contributed by atoms with Crippen molar-refractivity contribution >= 4 is 15.9 Å². The van der Waals surface area contributed by atoms with Crippen LogP contribution in [0.5, 0.6) is 0 Å². The highest BCUT2D eigenvalue weighted by atomic mass is 79.9. The number of hydrogen-bond acceptors (Lipinski definition) is 3. The summed E-state index contributed by atoms with van der Waals surface area (Å²) in [6, 6.07) is 16.7. The van der Waals surface area contributed by atoms with Gasteiger partial charge in [-0.15, -0.1) is 0 Å². The Labute approximate surface area is 130 Å². The van der Waals surface area contributed by atoms with Crippen molar-refractivity contribution in [3.63, 3.8) is 0 Å². The minimum Gasteiger partial charge on any atom is -0.404 e. The molecule has 0 atom stereocenters. The normalized spacial score (nSPS) is 10.6. The van der Waals surface area contributed by atoms with Crippen molar-refractivity contribution in [1.82, 2.24) is 4.98 Å². The van der Waals surface area contributed by atoms with E-state index < -0.39 is 5.63 Å². The van der Waals surface area contributed by atoms with Crippen LogP contribution in [0, 0.1) is 6.92 Å². The van der Waals surface area contributed by atoms with Gasteiger partial charge in [0.1, 0.15) is 0 Å².